The van der Waals surface area contributed by atoms with Crippen molar-refractivity contribution in [2.45, 2.75) is 19.8 Å². The summed E-state index contributed by atoms with van der Waals surface area (Å²) in [6.45, 7) is 3.49. The number of nitrogens with one attached hydrogen (secondary N) is 1. The predicted octanol–water partition coefficient (Wildman–Crippen LogP) is 2.57. The van der Waals surface area contributed by atoms with Gasteiger partial charge < -0.3 is 36.6 Å². The molecule has 1 heterocycles. The topological polar surface area (TPSA) is 147 Å². The number of rotatable bonds is 11. The van der Waals surface area contributed by atoms with Crippen molar-refractivity contribution >= 4 is 58.3 Å². The van der Waals surface area contributed by atoms with Crippen LogP contribution in [-0.4, -0.2) is 60.5 Å². The summed E-state index contributed by atoms with van der Waals surface area (Å²) < 4.78 is 18.2. The Morgan fingerprint density at radius 1 is 1.16 bits per heavy atom. The Morgan fingerprint density at radius 3 is 2.47 bits per heavy atom. The van der Waals surface area contributed by atoms with E-state index in [4.69, 9.17) is 38.3 Å². The standard InChI is InChI=1S/C23H26N3O9PS2/c1-16(27)24-17-4-9-21(35-22(28)3-2-12-33-26(30)31)20(15-17)23(29)34-18-5-7-19(8-6-18)36(37,38)25-10-13-32-14-11-25/h4-9,15H,2-3,10-14H2,1H3,(H,24,27)(H,37,38)/p-1. The summed E-state index contributed by atoms with van der Waals surface area (Å²) in [7, 11) is 0. The van der Waals surface area contributed by atoms with Crippen LogP contribution in [0.2, 0.25) is 0 Å². The van der Waals surface area contributed by atoms with E-state index in [-0.39, 0.29) is 48.1 Å². The number of carbonyl (C=O) groups excluding carboxylic acids is 3. The van der Waals surface area contributed by atoms with E-state index >= 15 is 0 Å². The molecule has 1 saturated heterocycles. The molecule has 1 fully saturated rings. The van der Waals surface area contributed by atoms with Gasteiger partial charge in [0.15, 0.2) is 0 Å². The fourth-order valence-corrected chi connectivity index (χ4v) is 6.69. The van der Waals surface area contributed by atoms with Crippen LogP contribution >= 0.6 is 5.39 Å². The maximum absolute atomic E-state index is 13.0. The third kappa shape index (κ3) is 8.50. The molecule has 0 aromatic heterocycles. The van der Waals surface area contributed by atoms with Crippen LogP contribution in [0.1, 0.15) is 30.1 Å². The van der Waals surface area contributed by atoms with Crippen LogP contribution in [0.5, 0.6) is 11.5 Å². The van der Waals surface area contributed by atoms with Crippen molar-refractivity contribution in [3.05, 3.63) is 58.1 Å². The highest BCUT2D eigenvalue weighted by Gasteiger charge is 2.21. The van der Waals surface area contributed by atoms with Crippen LogP contribution in [0.25, 0.3) is 0 Å². The summed E-state index contributed by atoms with van der Waals surface area (Å²) in [5.41, 5.74) is 0.174. The van der Waals surface area contributed by atoms with E-state index in [9.17, 15) is 24.5 Å². The van der Waals surface area contributed by atoms with Gasteiger partial charge in [-0.15, -0.1) is 21.9 Å². The van der Waals surface area contributed by atoms with E-state index in [0.717, 1.165) is 5.30 Å². The molecular weight excluding hydrogens is 557 g/mol. The Bertz CT molecular complexity index is 1240. The van der Waals surface area contributed by atoms with Crippen molar-refractivity contribution in [3.63, 3.8) is 0 Å². The van der Waals surface area contributed by atoms with Crippen LogP contribution in [0.3, 0.4) is 0 Å². The van der Waals surface area contributed by atoms with E-state index < -0.39 is 22.4 Å². The summed E-state index contributed by atoms with van der Waals surface area (Å²) in [5.74, 6) is -1.83. The van der Waals surface area contributed by atoms with Gasteiger partial charge in [-0.1, -0.05) is 17.5 Å². The first-order valence-corrected chi connectivity index (χ1v) is 15.2. The average Bonchev–Trinajstić information content (AvgIpc) is 2.88. The fourth-order valence-electron chi connectivity index (χ4n) is 3.43. The summed E-state index contributed by atoms with van der Waals surface area (Å²) in [4.78, 5) is 51.1. The molecule has 0 aliphatic carbocycles. The number of ether oxygens (including phenoxy) is 3. The number of esters is 2. The summed E-state index contributed by atoms with van der Waals surface area (Å²) >= 11 is 11.5. The van der Waals surface area contributed by atoms with E-state index in [0.29, 0.717) is 26.3 Å². The van der Waals surface area contributed by atoms with Crippen molar-refractivity contribution in [1.29, 1.82) is 0 Å². The average molecular weight is 583 g/mol. The third-order valence-electron chi connectivity index (χ3n) is 5.20. The first-order valence-electron chi connectivity index (χ1n) is 11.4. The van der Waals surface area contributed by atoms with E-state index in [2.05, 4.69) is 14.8 Å². The number of anilines is 1. The lowest BCUT2D eigenvalue weighted by atomic mass is 10.1. The number of benzene rings is 2. The molecule has 1 N–H and O–H groups in total. The number of carbonyl (C=O) groups is 3. The molecule has 1 atom stereocenters. The lowest BCUT2D eigenvalue weighted by Crippen LogP contribution is -2.35. The fraction of sp³-hybridized carbons (Fsp3) is 0.348. The first kappa shape index (κ1) is 29.5. The highest BCUT2D eigenvalue weighted by molar-refractivity contribution is 8.56. The molecule has 12 nitrogen and oxygen atoms in total. The second-order valence-electron chi connectivity index (χ2n) is 8.00. The largest absolute Gasteiger partial charge is 0.727 e. The summed E-state index contributed by atoms with van der Waals surface area (Å²) in [5, 5.41) is 10.2. The van der Waals surface area contributed by atoms with E-state index in [1.165, 1.54) is 25.1 Å². The number of morpholine rings is 1. The molecule has 0 saturated carbocycles. The Morgan fingerprint density at radius 2 is 1.84 bits per heavy atom. The number of nitrogens with zero attached hydrogens (tertiary/aromatic N) is 2. The van der Waals surface area contributed by atoms with Crippen LogP contribution in [0, 0.1) is 10.1 Å². The van der Waals surface area contributed by atoms with Gasteiger partial charge in [-0.3, -0.25) is 14.3 Å². The number of hydrogen-bond acceptors (Lipinski definition) is 11. The Kier molecular flexibility index (Phi) is 10.6. The van der Waals surface area contributed by atoms with Crippen LogP contribution < -0.4 is 20.1 Å². The summed E-state index contributed by atoms with van der Waals surface area (Å²) in [6, 6.07) is 10.7. The lowest BCUT2D eigenvalue weighted by Gasteiger charge is -2.43. The molecule has 0 radical (unpaired) electrons. The second-order valence-corrected chi connectivity index (χ2v) is 14.0. The minimum Gasteiger partial charge on any atom is -0.727 e. The van der Waals surface area contributed by atoms with Gasteiger partial charge in [0.05, 0.1) is 19.8 Å². The highest BCUT2D eigenvalue weighted by atomic mass is 32.9. The zero-order chi connectivity index (χ0) is 27.7. The van der Waals surface area contributed by atoms with Crippen LogP contribution in [0.4, 0.5) is 5.69 Å². The normalized spacial score (nSPS) is 15.1. The van der Waals surface area contributed by atoms with E-state index in [1.54, 1.807) is 24.3 Å². The lowest BCUT2D eigenvalue weighted by molar-refractivity contribution is -0.757. The molecule has 38 heavy (non-hydrogen) atoms. The van der Waals surface area contributed by atoms with Crippen molar-refractivity contribution < 1.29 is 38.5 Å². The van der Waals surface area contributed by atoms with Crippen molar-refractivity contribution in [3.8, 4) is 11.5 Å². The van der Waals surface area contributed by atoms with E-state index in [1.807, 2.05) is 0 Å². The molecule has 2 aromatic rings. The second kappa shape index (κ2) is 13.7. The molecule has 0 bridgehead atoms. The Labute approximate surface area is 228 Å². The number of hydrogen-bond donors (Lipinski definition) is 1. The van der Waals surface area contributed by atoms with Gasteiger partial charge >= 0.3 is 11.9 Å². The molecule has 15 heteroatoms. The summed E-state index contributed by atoms with van der Waals surface area (Å²) in [6.07, 6.45) is -0.149. The molecule has 1 aliphatic rings. The smallest absolute Gasteiger partial charge is 0.347 e. The maximum Gasteiger partial charge on any atom is 0.347 e. The third-order valence-corrected chi connectivity index (χ3v) is 9.94. The van der Waals surface area contributed by atoms with Crippen LogP contribution in [0.15, 0.2) is 42.5 Å². The van der Waals surface area contributed by atoms with Gasteiger partial charge in [0.2, 0.25) is 5.91 Å². The zero-order valence-corrected chi connectivity index (χ0v) is 22.9. The number of amides is 1. The van der Waals surface area contributed by atoms with Gasteiger partial charge in [0.1, 0.15) is 17.1 Å². The minimum absolute atomic E-state index is 0.0379. The molecule has 0 spiro atoms. The first-order chi connectivity index (χ1) is 18.1. The van der Waals surface area contributed by atoms with Crippen molar-refractivity contribution in [1.82, 2.24) is 4.67 Å². The molecule has 2 aromatic carbocycles. The van der Waals surface area contributed by atoms with Crippen LogP contribution in [-0.2, 0) is 43.2 Å². The molecule has 204 valence electrons. The maximum atomic E-state index is 13.0. The highest BCUT2D eigenvalue weighted by Crippen LogP contribution is 2.46. The quantitative estimate of drug-likeness (QED) is 0.0790. The van der Waals surface area contributed by atoms with Gasteiger partial charge in [0.25, 0.3) is 5.09 Å². The minimum atomic E-state index is -2.41. The van der Waals surface area contributed by atoms with Crippen molar-refractivity contribution in [2.24, 2.45) is 0 Å². The monoisotopic (exact) mass is 582 g/mol. The van der Waals surface area contributed by atoms with Gasteiger partial charge in [0, 0.05) is 32.1 Å². The van der Waals surface area contributed by atoms with Gasteiger partial charge in [-0.25, -0.2) is 4.79 Å². The predicted molar refractivity (Wildman–Crippen MR) is 144 cm³/mol. The van der Waals surface area contributed by atoms with Crippen molar-refractivity contribution in [2.75, 3.05) is 38.2 Å². The Hall–Kier alpha value is -3.03. The molecule has 1 amide bonds. The molecule has 1 unspecified atom stereocenters. The van der Waals surface area contributed by atoms with Gasteiger partial charge in [-0.05, 0) is 42.1 Å². The molecular formula is C23H25N3O9PS2-. The molecule has 1 aliphatic heterocycles. The molecule has 3 rings (SSSR count). The Balaban J connectivity index is 1.74. The SMILES string of the molecule is CC(=O)Nc1ccc(OC(=O)CCCO[N+](=O)[O-])c(C(=O)Oc2ccc(P(=S)([S-])N3CCOCC3)cc2)c1. The van der Waals surface area contributed by atoms with Gasteiger partial charge in [-0.2, -0.15) is 0 Å². The zero-order valence-electron chi connectivity index (χ0n) is 20.3.